The van der Waals surface area contributed by atoms with Crippen LogP contribution in [0.3, 0.4) is 0 Å². The molecule has 4 aromatic rings. The average molecular weight is 588 g/mol. The molecule has 0 aliphatic heterocycles. The summed E-state index contributed by atoms with van der Waals surface area (Å²) in [5, 5.41) is 5.19. The van der Waals surface area contributed by atoms with Crippen molar-refractivity contribution in [2.45, 2.75) is 52.2 Å². The van der Waals surface area contributed by atoms with E-state index in [0.717, 1.165) is 38.4 Å². The molecule has 0 unspecified atom stereocenters. The van der Waals surface area contributed by atoms with Crippen molar-refractivity contribution in [1.29, 1.82) is 0 Å². The van der Waals surface area contributed by atoms with E-state index in [-0.39, 0.29) is 24.5 Å². The Bertz CT molecular complexity index is 1410. The van der Waals surface area contributed by atoms with Crippen LogP contribution in [0.1, 0.15) is 37.0 Å². The second kappa shape index (κ2) is 13.4. The first-order chi connectivity index (χ1) is 18.9. The molecular weight excluding hydrogens is 552 g/mol. The average Bonchev–Trinajstić information content (AvgIpc) is 2.96. The van der Waals surface area contributed by atoms with Crippen LogP contribution in [0.25, 0.3) is 10.8 Å². The number of nitrogens with one attached hydrogen (secondary N) is 1. The summed E-state index contributed by atoms with van der Waals surface area (Å²) in [6.45, 7) is 6.14. The first kappa shape index (κ1) is 28.4. The molecule has 0 bridgehead atoms. The minimum atomic E-state index is -0.696. The highest BCUT2D eigenvalue weighted by Crippen LogP contribution is 2.33. The van der Waals surface area contributed by atoms with Crippen molar-refractivity contribution >= 4 is 38.5 Å². The summed E-state index contributed by atoms with van der Waals surface area (Å²) < 4.78 is 6.86. The van der Waals surface area contributed by atoms with E-state index in [0.29, 0.717) is 18.7 Å². The maximum atomic E-state index is 13.9. The molecule has 202 valence electrons. The Morgan fingerprint density at radius 3 is 2.31 bits per heavy atom. The fourth-order valence-electron chi connectivity index (χ4n) is 4.43. The Morgan fingerprint density at radius 1 is 0.897 bits per heavy atom. The highest BCUT2D eigenvalue weighted by atomic mass is 79.9. The summed E-state index contributed by atoms with van der Waals surface area (Å²) in [6, 6.07) is 29.0. The second-order valence-electron chi connectivity index (χ2n) is 9.92. The minimum absolute atomic E-state index is 0.00287. The molecular formula is C33H35BrN2O3. The lowest BCUT2D eigenvalue weighted by atomic mass is 10.0. The van der Waals surface area contributed by atoms with Gasteiger partial charge in [0, 0.05) is 19.0 Å². The third-order valence-corrected chi connectivity index (χ3v) is 7.74. The highest BCUT2D eigenvalue weighted by molar-refractivity contribution is 9.10. The zero-order valence-electron chi connectivity index (χ0n) is 22.7. The summed E-state index contributed by atoms with van der Waals surface area (Å²) >= 11 is 3.65. The lowest BCUT2D eigenvalue weighted by molar-refractivity contribution is -0.143. The van der Waals surface area contributed by atoms with Crippen LogP contribution in [0.4, 0.5) is 0 Å². The van der Waals surface area contributed by atoms with Crippen LogP contribution in [0.15, 0.2) is 95.5 Å². The molecule has 0 aliphatic carbocycles. The number of benzene rings is 4. The Hall–Kier alpha value is -3.64. The number of aryl methyl sites for hydroxylation is 1. The number of carbonyl (C=O) groups excluding carboxylic acids is 2. The van der Waals surface area contributed by atoms with Gasteiger partial charge in [-0.2, -0.15) is 0 Å². The van der Waals surface area contributed by atoms with Crippen LogP contribution < -0.4 is 10.1 Å². The number of ether oxygens (including phenoxy) is 1. The number of amides is 2. The van der Waals surface area contributed by atoms with Gasteiger partial charge >= 0.3 is 0 Å². The summed E-state index contributed by atoms with van der Waals surface area (Å²) in [6.07, 6.45) is 1.20. The Morgan fingerprint density at radius 2 is 1.59 bits per heavy atom. The minimum Gasteiger partial charge on any atom is -0.483 e. The molecule has 0 heterocycles. The van der Waals surface area contributed by atoms with Crippen molar-refractivity contribution in [1.82, 2.24) is 10.2 Å². The maximum absolute atomic E-state index is 13.9. The lowest BCUT2D eigenvalue weighted by Gasteiger charge is -2.32. The molecule has 0 saturated carbocycles. The van der Waals surface area contributed by atoms with E-state index in [1.54, 1.807) is 4.90 Å². The first-order valence-corrected chi connectivity index (χ1v) is 14.1. The normalized spacial score (nSPS) is 12.5. The molecule has 39 heavy (non-hydrogen) atoms. The topological polar surface area (TPSA) is 58.6 Å². The van der Waals surface area contributed by atoms with Crippen LogP contribution in [-0.4, -0.2) is 35.4 Å². The monoisotopic (exact) mass is 586 g/mol. The Kier molecular flexibility index (Phi) is 9.77. The summed E-state index contributed by atoms with van der Waals surface area (Å²) in [7, 11) is 0. The molecule has 0 aromatic heterocycles. The third-order valence-electron chi connectivity index (χ3n) is 6.92. The van der Waals surface area contributed by atoms with Crippen LogP contribution in [0.5, 0.6) is 5.75 Å². The van der Waals surface area contributed by atoms with Crippen LogP contribution in [-0.2, 0) is 22.6 Å². The van der Waals surface area contributed by atoms with Crippen LogP contribution >= 0.6 is 15.9 Å². The number of hydrogen-bond acceptors (Lipinski definition) is 3. The van der Waals surface area contributed by atoms with Crippen molar-refractivity contribution < 1.29 is 14.3 Å². The first-order valence-electron chi connectivity index (χ1n) is 13.3. The van der Waals surface area contributed by atoms with Gasteiger partial charge in [0.1, 0.15) is 11.8 Å². The van der Waals surface area contributed by atoms with Gasteiger partial charge in [0.05, 0.1) is 4.47 Å². The number of rotatable bonds is 11. The summed E-state index contributed by atoms with van der Waals surface area (Å²) in [5.74, 6) is 0.164. The molecule has 1 N–H and O–H groups in total. The molecule has 2 amide bonds. The van der Waals surface area contributed by atoms with Crippen molar-refractivity contribution in [2.75, 3.05) is 6.61 Å². The largest absolute Gasteiger partial charge is 0.483 e. The predicted octanol–water partition coefficient (Wildman–Crippen LogP) is 6.84. The molecule has 5 nitrogen and oxygen atoms in total. The van der Waals surface area contributed by atoms with Crippen molar-refractivity contribution in [3.8, 4) is 5.75 Å². The zero-order chi connectivity index (χ0) is 27.8. The van der Waals surface area contributed by atoms with Gasteiger partial charge in [-0.25, -0.2) is 0 Å². The quantitative estimate of drug-likeness (QED) is 0.209. The van der Waals surface area contributed by atoms with E-state index >= 15 is 0 Å². The maximum Gasteiger partial charge on any atom is 0.261 e. The van der Waals surface area contributed by atoms with Gasteiger partial charge in [0.25, 0.3) is 5.91 Å². The van der Waals surface area contributed by atoms with Crippen LogP contribution in [0.2, 0.25) is 0 Å². The molecule has 0 fully saturated rings. The molecule has 0 spiro atoms. The van der Waals surface area contributed by atoms with Crippen molar-refractivity contribution in [3.05, 3.63) is 112 Å². The van der Waals surface area contributed by atoms with Gasteiger partial charge in [0.2, 0.25) is 5.91 Å². The lowest BCUT2D eigenvalue weighted by Crippen LogP contribution is -2.53. The molecule has 0 saturated heterocycles. The highest BCUT2D eigenvalue weighted by Gasteiger charge is 2.31. The summed E-state index contributed by atoms with van der Waals surface area (Å²) in [5.41, 5.74) is 3.08. The zero-order valence-corrected chi connectivity index (χ0v) is 24.3. The van der Waals surface area contributed by atoms with Gasteiger partial charge in [-0.15, -0.1) is 0 Å². The van der Waals surface area contributed by atoms with Gasteiger partial charge in [-0.1, -0.05) is 97.4 Å². The fraction of sp³-hybridized carbons (Fsp3) is 0.273. The third kappa shape index (κ3) is 7.48. The van der Waals surface area contributed by atoms with Gasteiger partial charge in [-0.3, -0.25) is 9.59 Å². The number of carbonyl (C=O) groups is 2. The molecule has 6 heteroatoms. The smallest absolute Gasteiger partial charge is 0.261 e. The van der Waals surface area contributed by atoms with Crippen molar-refractivity contribution in [2.24, 2.45) is 0 Å². The van der Waals surface area contributed by atoms with E-state index in [1.807, 2.05) is 112 Å². The second-order valence-corrected chi connectivity index (χ2v) is 10.7. The van der Waals surface area contributed by atoms with E-state index in [1.165, 1.54) is 0 Å². The Balaban J connectivity index is 1.64. The van der Waals surface area contributed by atoms with E-state index < -0.39 is 6.04 Å². The van der Waals surface area contributed by atoms with Crippen LogP contribution in [0, 0.1) is 6.92 Å². The molecule has 4 rings (SSSR count). The van der Waals surface area contributed by atoms with Gasteiger partial charge < -0.3 is 15.0 Å². The van der Waals surface area contributed by atoms with E-state index in [9.17, 15) is 9.59 Å². The molecule has 0 aliphatic rings. The molecule has 0 radical (unpaired) electrons. The van der Waals surface area contributed by atoms with Crippen molar-refractivity contribution in [3.63, 3.8) is 0 Å². The predicted molar refractivity (Wildman–Crippen MR) is 161 cm³/mol. The number of halogens is 1. The number of fused-ring (bicyclic) bond motifs is 1. The van der Waals surface area contributed by atoms with Gasteiger partial charge in [0.15, 0.2) is 6.61 Å². The molecule has 2 atom stereocenters. The Labute approximate surface area is 239 Å². The SMILES string of the molecule is CC[C@@H](C)NC(=O)[C@@H](Cc1ccccc1)N(Cc1ccc(C)cc1)C(=O)COc1ccc2ccccc2c1Br. The van der Waals surface area contributed by atoms with Gasteiger partial charge in [-0.05, 0) is 64.2 Å². The van der Waals surface area contributed by atoms with E-state index in [2.05, 4.69) is 21.2 Å². The number of nitrogens with zero attached hydrogens (tertiary/aromatic N) is 1. The number of hydrogen-bond donors (Lipinski definition) is 1. The fourth-order valence-corrected chi connectivity index (χ4v) is 5.04. The van der Waals surface area contributed by atoms with E-state index in [4.69, 9.17) is 4.74 Å². The molecule has 4 aromatic carbocycles. The summed E-state index contributed by atoms with van der Waals surface area (Å²) in [4.78, 5) is 29.1. The standard InChI is InChI=1S/C33H35BrN2O3/c1-4-24(3)35-33(38)29(20-25-10-6-5-7-11-25)36(21-26-16-14-23(2)15-17-26)31(37)22-39-30-19-18-27-12-8-9-13-28(27)32(30)34/h5-19,24,29H,4,20-22H2,1-3H3,(H,35,38)/t24-,29-/m1/s1.